The third-order valence-electron chi connectivity index (χ3n) is 5.05. The SMILES string of the molecule is O=C1NC(=S)N(c2cccc(C(=O)O)c2)C(=O)C1=Cc1ccc(OCc2ccc(Cl)cc2Cl)cc1. The van der Waals surface area contributed by atoms with E-state index in [0.29, 0.717) is 21.4 Å². The Balaban J connectivity index is 1.53. The molecule has 2 amide bonds. The van der Waals surface area contributed by atoms with E-state index in [0.717, 1.165) is 10.5 Å². The molecule has 1 aliphatic heterocycles. The largest absolute Gasteiger partial charge is 0.489 e. The maximum absolute atomic E-state index is 13.1. The number of halogens is 2. The van der Waals surface area contributed by atoms with Crippen molar-refractivity contribution in [2.45, 2.75) is 6.61 Å². The Hall–Kier alpha value is -3.72. The Morgan fingerprint density at radius 3 is 2.49 bits per heavy atom. The molecule has 0 spiro atoms. The maximum atomic E-state index is 13.1. The van der Waals surface area contributed by atoms with Gasteiger partial charge >= 0.3 is 5.97 Å². The molecule has 1 fully saturated rings. The molecule has 4 rings (SSSR count). The zero-order valence-corrected chi connectivity index (χ0v) is 20.2. The minimum atomic E-state index is -1.15. The Bertz CT molecular complexity index is 1390. The van der Waals surface area contributed by atoms with Gasteiger partial charge in [0.05, 0.1) is 11.3 Å². The predicted octanol–water partition coefficient (Wildman–Crippen LogP) is 5.10. The third-order valence-corrected chi connectivity index (χ3v) is 5.93. The van der Waals surface area contributed by atoms with Crippen molar-refractivity contribution in [3.05, 3.63) is 99.0 Å². The Morgan fingerprint density at radius 2 is 1.80 bits per heavy atom. The first kappa shape index (κ1) is 24.4. The molecule has 176 valence electrons. The number of nitrogens with zero attached hydrogens (tertiary/aromatic N) is 1. The number of hydrogen-bond acceptors (Lipinski definition) is 5. The molecule has 35 heavy (non-hydrogen) atoms. The number of hydrogen-bond donors (Lipinski definition) is 2. The summed E-state index contributed by atoms with van der Waals surface area (Å²) in [4.78, 5) is 38.0. The lowest BCUT2D eigenvalue weighted by Crippen LogP contribution is -2.54. The summed E-state index contributed by atoms with van der Waals surface area (Å²) in [5.41, 5.74) is 1.41. The van der Waals surface area contributed by atoms with Gasteiger partial charge in [-0.1, -0.05) is 47.5 Å². The van der Waals surface area contributed by atoms with Crippen molar-refractivity contribution in [3.8, 4) is 5.75 Å². The molecule has 1 heterocycles. The maximum Gasteiger partial charge on any atom is 0.335 e. The lowest BCUT2D eigenvalue weighted by molar-refractivity contribution is -0.122. The number of nitrogens with one attached hydrogen (secondary N) is 1. The monoisotopic (exact) mass is 526 g/mol. The Morgan fingerprint density at radius 1 is 1.06 bits per heavy atom. The molecule has 2 N–H and O–H groups in total. The number of aromatic carboxylic acids is 1. The van der Waals surface area contributed by atoms with Gasteiger partial charge < -0.3 is 9.84 Å². The standard InChI is InChI=1S/C25H16Cl2N2O5S/c26-17-7-6-16(21(27)12-17)13-34-19-8-4-14(5-9-19)10-20-22(30)28-25(35)29(23(20)31)18-3-1-2-15(11-18)24(32)33/h1-12H,13H2,(H,32,33)(H,28,30,35). The molecule has 0 radical (unpaired) electrons. The van der Waals surface area contributed by atoms with Gasteiger partial charge in [-0.3, -0.25) is 19.8 Å². The molecule has 0 unspecified atom stereocenters. The van der Waals surface area contributed by atoms with Gasteiger partial charge in [-0.15, -0.1) is 0 Å². The average Bonchev–Trinajstić information content (AvgIpc) is 2.82. The summed E-state index contributed by atoms with van der Waals surface area (Å²) >= 11 is 17.2. The lowest BCUT2D eigenvalue weighted by Gasteiger charge is -2.29. The van der Waals surface area contributed by atoms with Crippen LogP contribution >= 0.6 is 35.4 Å². The van der Waals surface area contributed by atoms with Gasteiger partial charge in [-0.05, 0) is 66.3 Å². The Labute approximate surface area is 215 Å². The van der Waals surface area contributed by atoms with Gasteiger partial charge in [0.25, 0.3) is 11.8 Å². The van der Waals surface area contributed by atoms with Crippen LogP contribution in [0.15, 0.2) is 72.3 Å². The third kappa shape index (κ3) is 5.51. The van der Waals surface area contributed by atoms with Crippen LogP contribution in [0.25, 0.3) is 6.08 Å². The number of ether oxygens (including phenoxy) is 1. The molecule has 0 saturated carbocycles. The van der Waals surface area contributed by atoms with Crippen LogP contribution < -0.4 is 15.0 Å². The van der Waals surface area contributed by atoms with E-state index in [1.165, 1.54) is 30.3 Å². The second kappa shape index (κ2) is 10.3. The van der Waals surface area contributed by atoms with Gasteiger partial charge in [0.2, 0.25) is 0 Å². The van der Waals surface area contributed by atoms with E-state index in [4.69, 9.17) is 40.2 Å². The average molecular weight is 527 g/mol. The number of rotatable bonds is 6. The molecular formula is C25H16Cl2N2O5S. The van der Waals surface area contributed by atoms with Crippen LogP contribution in [0, 0.1) is 0 Å². The highest BCUT2D eigenvalue weighted by Crippen LogP contribution is 2.25. The van der Waals surface area contributed by atoms with Crippen LogP contribution in [0.3, 0.4) is 0 Å². The summed E-state index contributed by atoms with van der Waals surface area (Å²) in [6.07, 6.45) is 1.42. The second-order valence-electron chi connectivity index (χ2n) is 7.41. The van der Waals surface area contributed by atoms with Crippen molar-refractivity contribution in [2.24, 2.45) is 0 Å². The van der Waals surface area contributed by atoms with Gasteiger partial charge in [0.15, 0.2) is 5.11 Å². The van der Waals surface area contributed by atoms with Crippen molar-refractivity contribution in [2.75, 3.05) is 4.90 Å². The van der Waals surface area contributed by atoms with Gasteiger partial charge in [0, 0.05) is 15.6 Å². The van der Waals surface area contributed by atoms with E-state index in [1.54, 1.807) is 42.5 Å². The number of carboxylic acid groups (broad SMARTS) is 1. The van der Waals surface area contributed by atoms with E-state index >= 15 is 0 Å². The number of anilines is 1. The zero-order valence-electron chi connectivity index (χ0n) is 17.8. The molecule has 1 saturated heterocycles. The van der Waals surface area contributed by atoms with E-state index < -0.39 is 17.8 Å². The van der Waals surface area contributed by atoms with Crippen LogP contribution in [-0.2, 0) is 16.2 Å². The lowest BCUT2D eigenvalue weighted by atomic mass is 10.1. The number of carbonyl (C=O) groups is 3. The summed E-state index contributed by atoms with van der Waals surface area (Å²) in [5, 5.41) is 12.6. The molecule has 1 aliphatic rings. The van der Waals surface area contributed by atoms with Gasteiger partial charge in [-0.25, -0.2) is 4.79 Å². The van der Waals surface area contributed by atoms with Crippen molar-refractivity contribution < 1.29 is 24.2 Å². The molecule has 7 nitrogen and oxygen atoms in total. The summed E-state index contributed by atoms with van der Waals surface area (Å²) in [7, 11) is 0. The number of amides is 2. The number of carboxylic acids is 1. The van der Waals surface area contributed by atoms with Crippen LogP contribution in [0.2, 0.25) is 10.0 Å². The highest BCUT2D eigenvalue weighted by atomic mass is 35.5. The Kier molecular flexibility index (Phi) is 7.16. The highest BCUT2D eigenvalue weighted by molar-refractivity contribution is 7.80. The molecule has 3 aromatic carbocycles. The van der Waals surface area contributed by atoms with Crippen LogP contribution in [0.4, 0.5) is 5.69 Å². The first-order valence-electron chi connectivity index (χ1n) is 10.1. The van der Waals surface area contributed by atoms with Crippen LogP contribution in [-0.4, -0.2) is 28.0 Å². The first-order valence-corrected chi connectivity index (χ1v) is 11.3. The van der Waals surface area contributed by atoms with E-state index in [9.17, 15) is 19.5 Å². The molecule has 0 aliphatic carbocycles. The first-order chi connectivity index (χ1) is 16.7. The summed E-state index contributed by atoms with van der Waals surface area (Å²) in [6.45, 7) is 0.235. The van der Waals surface area contributed by atoms with E-state index in [1.807, 2.05) is 0 Å². The summed E-state index contributed by atoms with van der Waals surface area (Å²) < 4.78 is 5.75. The molecule has 0 atom stereocenters. The quantitative estimate of drug-likeness (QED) is 0.263. The van der Waals surface area contributed by atoms with E-state index in [2.05, 4.69) is 5.32 Å². The fraction of sp³-hybridized carbons (Fsp3) is 0.0400. The fourth-order valence-electron chi connectivity index (χ4n) is 3.30. The van der Waals surface area contributed by atoms with Crippen LogP contribution in [0.1, 0.15) is 21.5 Å². The zero-order chi connectivity index (χ0) is 25.1. The topological polar surface area (TPSA) is 95.9 Å². The minimum Gasteiger partial charge on any atom is -0.489 e. The summed E-state index contributed by atoms with van der Waals surface area (Å²) in [5.74, 6) is -1.91. The molecule has 3 aromatic rings. The highest BCUT2D eigenvalue weighted by Gasteiger charge is 2.34. The predicted molar refractivity (Wildman–Crippen MR) is 137 cm³/mol. The molecule has 0 bridgehead atoms. The number of thiocarbonyl (C=S) groups is 1. The number of carbonyl (C=O) groups excluding carboxylic acids is 2. The van der Waals surface area contributed by atoms with Gasteiger partial charge in [-0.2, -0.15) is 0 Å². The van der Waals surface area contributed by atoms with Crippen molar-refractivity contribution in [3.63, 3.8) is 0 Å². The molecular weight excluding hydrogens is 511 g/mol. The second-order valence-corrected chi connectivity index (χ2v) is 8.64. The van der Waals surface area contributed by atoms with Crippen LogP contribution in [0.5, 0.6) is 5.75 Å². The smallest absolute Gasteiger partial charge is 0.335 e. The normalized spacial score (nSPS) is 14.7. The molecule has 0 aromatic heterocycles. The fourth-order valence-corrected chi connectivity index (χ4v) is 4.04. The minimum absolute atomic E-state index is 0.0176. The molecule has 10 heteroatoms. The van der Waals surface area contributed by atoms with E-state index in [-0.39, 0.29) is 28.5 Å². The van der Waals surface area contributed by atoms with Crippen molar-refractivity contribution in [1.29, 1.82) is 0 Å². The van der Waals surface area contributed by atoms with Crippen molar-refractivity contribution >= 4 is 70.1 Å². The summed E-state index contributed by atoms with van der Waals surface area (Å²) in [6, 6.07) is 17.6. The van der Waals surface area contributed by atoms with Gasteiger partial charge in [0.1, 0.15) is 17.9 Å². The number of benzene rings is 3. The van der Waals surface area contributed by atoms with Crippen molar-refractivity contribution in [1.82, 2.24) is 5.32 Å².